The zero-order valence-corrected chi connectivity index (χ0v) is 23.9. The summed E-state index contributed by atoms with van der Waals surface area (Å²) in [5.41, 5.74) is -1.62. The predicted octanol–water partition coefficient (Wildman–Crippen LogP) is -0.551. The third-order valence-electron chi connectivity index (χ3n) is 6.33. The van der Waals surface area contributed by atoms with E-state index in [2.05, 4.69) is 25.4 Å². The van der Waals surface area contributed by atoms with Crippen LogP contribution in [0.5, 0.6) is 0 Å². The number of ketones is 1. The summed E-state index contributed by atoms with van der Waals surface area (Å²) in [4.78, 5) is 79.8. The monoisotopic (exact) mass is 673 g/mol. The molecule has 0 bridgehead atoms. The number of nitrogens with one attached hydrogen (secondary N) is 1. The van der Waals surface area contributed by atoms with E-state index in [0.29, 0.717) is 6.42 Å². The molecule has 1 aromatic heterocycles. The Morgan fingerprint density at radius 2 is 1.77 bits per heavy atom. The Morgan fingerprint density at radius 1 is 1.05 bits per heavy atom. The highest BCUT2D eigenvalue weighted by atomic mass is 79.9. The molecule has 0 aliphatic carbocycles. The van der Waals surface area contributed by atoms with E-state index in [0.717, 1.165) is 15.7 Å². The van der Waals surface area contributed by atoms with Crippen LogP contribution in [0.2, 0.25) is 0 Å². The number of aromatic nitrogens is 2. The highest BCUT2D eigenvalue weighted by molar-refractivity contribution is 9.10. The van der Waals surface area contributed by atoms with Crippen molar-refractivity contribution in [1.29, 1.82) is 0 Å². The number of aliphatic hydroxyl groups excluding tert-OH is 1. The number of amides is 1. The number of halogens is 1. The lowest BCUT2D eigenvalue weighted by molar-refractivity contribution is -0.144. The predicted molar refractivity (Wildman–Crippen MR) is 135 cm³/mol. The topological polar surface area (TPSA) is 244 Å². The van der Waals surface area contributed by atoms with Gasteiger partial charge in [0.15, 0.2) is 5.78 Å². The molecule has 17 nitrogen and oxygen atoms in total. The molecule has 3 aliphatic heterocycles. The second-order valence-corrected chi connectivity index (χ2v) is 13.2. The second kappa shape index (κ2) is 12.2. The van der Waals surface area contributed by atoms with Crippen LogP contribution in [0, 0.1) is 0 Å². The Bertz CT molecular complexity index is 1410. The van der Waals surface area contributed by atoms with Gasteiger partial charge in [0.05, 0.1) is 42.5 Å². The molecule has 5 N–H and O–H groups in total. The number of aromatic amines is 1. The molecule has 0 saturated carbocycles. The molecule has 4 rings (SSSR count). The summed E-state index contributed by atoms with van der Waals surface area (Å²) in [5, 5.41) is 10.3. The van der Waals surface area contributed by atoms with Crippen LogP contribution in [0.1, 0.15) is 31.9 Å². The molecule has 40 heavy (non-hydrogen) atoms. The molecule has 20 heteroatoms. The van der Waals surface area contributed by atoms with E-state index >= 15 is 0 Å². The Labute approximate surface area is 233 Å². The Morgan fingerprint density at radius 3 is 2.48 bits per heavy atom. The van der Waals surface area contributed by atoms with Gasteiger partial charge in [0.1, 0.15) is 18.6 Å². The van der Waals surface area contributed by atoms with Crippen molar-refractivity contribution in [3.05, 3.63) is 43.3 Å². The minimum Gasteiger partial charge on any atom is -0.390 e. The van der Waals surface area contributed by atoms with E-state index in [1.54, 1.807) is 0 Å². The Balaban J connectivity index is 1.36. The number of aliphatic hydroxyl groups is 1. The number of ether oxygens (including phenoxy) is 2. The molecular weight excluding hydrogens is 648 g/mol. The summed E-state index contributed by atoms with van der Waals surface area (Å²) in [6.45, 7) is -0.982. The summed E-state index contributed by atoms with van der Waals surface area (Å²) in [5.74, 6) is -1.32. The van der Waals surface area contributed by atoms with Crippen LogP contribution in [0.4, 0.5) is 0 Å². The number of allylic oxidation sites excluding steroid dienone is 1. The molecule has 2 fully saturated rings. The third-order valence-corrected chi connectivity index (χ3v) is 8.67. The van der Waals surface area contributed by atoms with E-state index in [-0.39, 0.29) is 22.9 Å². The smallest absolute Gasteiger partial charge is 0.390 e. The van der Waals surface area contributed by atoms with Crippen LogP contribution in [0.3, 0.4) is 0 Å². The van der Waals surface area contributed by atoms with E-state index < -0.39 is 94.9 Å². The summed E-state index contributed by atoms with van der Waals surface area (Å²) in [7, 11) is -9.21. The molecule has 4 heterocycles. The highest BCUT2D eigenvalue weighted by Crippen LogP contribution is 2.46. The third kappa shape index (κ3) is 7.72. The average Bonchev–Trinajstić information content (AvgIpc) is 3.46. The van der Waals surface area contributed by atoms with Crippen molar-refractivity contribution < 1.29 is 57.0 Å². The number of carbonyl (C=O) groups excluding carboxylic acids is 2. The van der Waals surface area contributed by atoms with Crippen molar-refractivity contribution in [2.45, 2.75) is 56.5 Å². The minimum absolute atomic E-state index is 0.0516. The minimum atomic E-state index is -4.71. The lowest BCUT2D eigenvalue weighted by Crippen LogP contribution is -2.41. The molecule has 0 aromatic carbocycles. The summed E-state index contributed by atoms with van der Waals surface area (Å²) in [6, 6.07) is 0. The molecule has 0 radical (unpaired) electrons. The summed E-state index contributed by atoms with van der Waals surface area (Å²) >= 11 is 3.00. The first-order valence-electron chi connectivity index (χ1n) is 11.8. The van der Waals surface area contributed by atoms with E-state index in [9.17, 15) is 38.3 Å². The van der Waals surface area contributed by atoms with Crippen molar-refractivity contribution in [1.82, 2.24) is 14.5 Å². The van der Waals surface area contributed by atoms with E-state index in [1.807, 2.05) is 0 Å². The first kappa shape index (κ1) is 31.1. The van der Waals surface area contributed by atoms with Gasteiger partial charge in [0.25, 0.3) is 5.56 Å². The maximum atomic E-state index is 12.8. The summed E-state index contributed by atoms with van der Waals surface area (Å²) < 4.78 is 45.5. The Hall–Kier alpha value is -1.82. The zero-order valence-electron chi connectivity index (χ0n) is 20.5. The Kier molecular flexibility index (Phi) is 9.49. The summed E-state index contributed by atoms with van der Waals surface area (Å²) in [6.07, 6.45) is -3.48. The van der Waals surface area contributed by atoms with Crippen molar-refractivity contribution >= 4 is 43.0 Å². The van der Waals surface area contributed by atoms with Gasteiger partial charge in [0, 0.05) is 24.4 Å². The van der Waals surface area contributed by atoms with Crippen molar-refractivity contribution in [2.75, 3.05) is 19.4 Å². The molecule has 6 unspecified atom stereocenters. The molecule has 0 spiro atoms. The lowest BCUT2D eigenvalue weighted by atomic mass is 10.1. The van der Waals surface area contributed by atoms with Gasteiger partial charge >= 0.3 is 21.1 Å². The van der Waals surface area contributed by atoms with Crippen LogP contribution in [0.25, 0.3) is 0 Å². The van der Waals surface area contributed by atoms with Gasteiger partial charge < -0.3 is 33.8 Å². The molecule has 1 aromatic rings. The van der Waals surface area contributed by atoms with Crippen molar-refractivity contribution in [3.63, 3.8) is 0 Å². The number of carbonyl (C=O) groups is 2. The van der Waals surface area contributed by atoms with Gasteiger partial charge in [-0.25, -0.2) is 9.36 Å². The molecular formula is C20H26BrN3O14P2. The normalized spacial score (nSPS) is 29.1. The quantitative estimate of drug-likeness (QED) is 0.155. The number of H-pyrrole nitrogens is 1. The number of nitrogens with zero attached hydrogens (tertiary/aromatic N) is 2. The van der Waals surface area contributed by atoms with Gasteiger partial charge in [0.2, 0.25) is 5.91 Å². The number of phosphoric acid groups is 1. The van der Waals surface area contributed by atoms with Gasteiger partial charge in [-0.15, -0.1) is 0 Å². The van der Waals surface area contributed by atoms with Crippen LogP contribution >= 0.6 is 31.3 Å². The van der Waals surface area contributed by atoms with Crippen LogP contribution in [0.15, 0.2) is 32.0 Å². The van der Waals surface area contributed by atoms with Crippen molar-refractivity contribution in [3.8, 4) is 0 Å². The maximum absolute atomic E-state index is 12.8. The molecule has 6 atom stereocenters. The number of hydrogen-bond donors (Lipinski definition) is 5. The standard InChI is InChI=1S/C20H26BrN3O14P2/c21-12-6-24(20(29)22-19(12)28)18-4-14(26)15(38-18)8-35-39(30,31)9-10-5-23(16(27)3-13(10)25)17-2-1-11(37-17)7-36-40(32,33)34/h5-6,11,14-15,17-18,26H,1-4,7-9H2,(H,30,31)(H,22,28,29)(H2,32,33,34). The van der Waals surface area contributed by atoms with Crippen LogP contribution < -0.4 is 11.2 Å². The molecule has 2 saturated heterocycles. The van der Waals surface area contributed by atoms with Crippen LogP contribution in [-0.4, -0.2) is 89.8 Å². The molecule has 3 aliphatic rings. The van der Waals surface area contributed by atoms with Crippen molar-refractivity contribution in [2.24, 2.45) is 0 Å². The van der Waals surface area contributed by atoms with E-state index in [4.69, 9.17) is 23.8 Å². The first-order valence-corrected chi connectivity index (χ1v) is 15.9. The van der Waals surface area contributed by atoms with Gasteiger partial charge in [-0.05, 0) is 28.8 Å². The fraction of sp³-hybridized carbons (Fsp3) is 0.600. The fourth-order valence-corrected chi connectivity index (χ4v) is 6.22. The number of rotatable bonds is 10. The lowest BCUT2D eigenvalue weighted by Gasteiger charge is -2.30. The SMILES string of the molecule is O=C1CC(=O)N(C2CCC(COP(=O)(O)O)O2)C=C1CP(=O)(O)OCC1OC(n2cc(Br)c(=O)[nH]c2=O)CC1O. The number of hydrogen-bond acceptors (Lipinski definition) is 11. The second-order valence-electron chi connectivity index (χ2n) is 9.30. The number of Topliss-reactive ketones (excluding diaryl/α,β-unsaturated/α-hetero) is 1. The number of phosphoric ester groups is 1. The zero-order chi connectivity index (χ0) is 29.4. The highest BCUT2D eigenvalue weighted by Gasteiger charge is 2.40. The van der Waals surface area contributed by atoms with Gasteiger partial charge in [-0.1, -0.05) is 0 Å². The largest absolute Gasteiger partial charge is 0.469 e. The maximum Gasteiger partial charge on any atom is 0.469 e. The molecule has 222 valence electrons. The van der Waals surface area contributed by atoms with E-state index in [1.165, 1.54) is 6.20 Å². The molecule has 1 amide bonds. The van der Waals surface area contributed by atoms with Gasteiger partial charge in [-0.2, -0.15) is 0 Å². The fourth-order valence-electron chi connectivity index (χ4n) is 4.38. The first-order chi connectivity index (χ1) is 18.6. The van der Waals surface area contributed by atoms with Gasteiger partial charge in [-0.3, -0.25) is 37.9 Å². The average molecular weight is 674 g/mol. The van der Waals surface area contributed by atoms with Crippen LogP contribution in [-0.2, 0) is 37.2 Å².